The van der Waals surface area contributed by atoms with Crippen molar-refractivity contribution in [3.8, 4) is 0 Å². The quantitative estimate of drug-likeness (QED) is 0.186. The number of thiazole rings is 1. The van der Waals surface area contributed by atoms with Crippen LogP contribution in [0.15, 0.2) is 40.7 Å². The van der Waals surface area contributed by atoms with E-state index in [1.54, 1.807) is 18.4 Å². The van der Waals surface area contributed by atoms with Crippen molar-refractivity contribution in [1.29, 1.82) is 0 Å². The van der Waals surface area contributed by atoms with Crippen LogP contribution in [0.5, 0.6) is 0 Å². The number of aromatic nitrogens is 1. The zero-order chi connectivity index (χ0) is 21.7. The molecule has 1 aliphatic heterocycles. The second kappa shape index (κ2) is 15.6. The summed E-state index contributed by atoms with van der Waals surface area (Å²) in [6, 6.07) is 10.6. The molecule has 32 heavy (non-hydrogen) atoms. The monoisotopic (exact) mass is 572 g/mol. The fraction of sp³-hybridized carbons (Fsp3) is 0.583. The molecule has 2 heterocycles. The van der Waals surface area contributed by atoms with Gasteiger partial charge in [-0.25, -0.2) is 9.98 Å². The van der Waals surface area contributed by atoms with E-state index in [4.69, 9.17) is 19.5 Å². The van der Waals surface area contributed by atoms with Crippen molar-refractivity contribution in [2.24, 2.45) is 4.99 Å². The van der Waals surface area contributed by atoms with Crippen molar-refractivity contribution in [3.05, 3.63) is 52.0 Å². The molecule has 1 saturated heterocycles. The Morgan fingerprint density at radius 1 is 1.19 bits per heavy atom. The fourth-order valence-electron chi connectivity index (χ4n) is 3.70. The molecular weight excluding hydrogens is 535 g/mol. The third-order valence-electron chi connectivity index (χ3n) is 5.38. The Bertz CT molecular complexity index is 779. The Labute approximate surface area is 213 Å². The minimum atomic E-state index is 0. The van der Waals surface area contributed by atoms with Gasteiger partial charge in [0.2, 0.25) is 0 Å². The van der Waals surface area contributed by atoms with E-state index in [0.29, 0.717) is 12.6 Å². The second-order valence-corrected chi connectivity index (χ2v) is 8.73. The topological polar surface area (TPSA) is 59.0 Å². The Morgan fingerprint density at radius 2 is 1.97 bits per heavy atom. The molecule has 0 unspecified atom stereocenters. The Hall–Kier alpha value is -1.23. The number of nitrogens with one attached hydrogen (secondary N) is 1. The molecule has 1 fully saturated rings. The number of aliphatic imine (C=N–C) groups is 1. The summed E-state index contributed by atoms with van der Waals surface area (Å²) >= 11 is 1.74. The molecule has 6 nitrogen and oxygen atoms in total. The number of guanidine groups is 1. The van der Waals surface area contributed by atoms with Crippen LogP contribution in [-0.4, -0.2) is 61.9 Å². The van der Waals surface area contributed by atoms with Crippen molar-refractivity contribution in [2.45, 2.75) is 51.7 Å². The summed E-state index contributed by atoms with van der Waals surface area (Å²) in [6.45, 7) is 7.10. The zero-order valence-corrected chi connectivity index (χ0v) is 22.4. The highest BCUT2D eigenvalue weighted by atomic mass is 127. The Morgan fingerprint density at radius 3 is 2.69 bits per heavy atom. The maximum Gasteiger partial charge on any atom is 0.194 e. The molecule has 1 aromatic carbocycles. The van der Waals surface area contributed by atoms with Crippen LogP contribution in [0.4, 0.5) is 0 Å². The average Bonchev–Trinajstić information content (AvgIpc) is 3.27. The fourth-order valence-corrected chi connectivity index (χ4v) is 4.49. The number of hydrogen-bond donors (Lipinski definition) is 1. The standard InChI is InChI=1S/C24H36N4O2S.HI/c1-3-25-24(28-14-12-22(13-15-28)30-17-7-16-29-2)26-18-21-19-31-23(27-21)11-10-20-8-5-4-6-9-20;/h4-6,8-9,19,22H,3,7,10-18H2,1-2H3,(H,25,26);1H. The summed E-state index contributed by atoms with van der Waals surface area (Å²) in [5.41, 5.74) is 2.41. The third kappa shape index (κ3) is 9.33. The van der Waals surface area contributed by atoms with Gasteiger partial charge in [-0.15, -0.1) is 35.3 Å². The Balaban J connectivity index is 0.00000363. The molecule has 0 spiro atoms. The number of nitrogens with zero attached hydrogens (tertiary/aromatic N) is 3. The normalized spacial score (nSPS) is 14.9. The first-order valence-corrected chi connectivity index (χ1v) is 12.3. The van der Waals surface area contributed by atoms with Gasteiger partial charge in [-0.3, -0.25) is 0 Å². The number of methoxy groups -OCH3 is 1. The van der Waals surface area contributed by atoms with Gasteiger partial charge >= 0.3 is 0 Å². The molecule has 0 bridgehead atoms. The molecule has 0 atom stereocenters. The average molecular weight is 573 g/mol. The maximum absolute atomic E-state index is 5.98. The van der Waals surface area contributed by atoms with Crippen molar-refractivity contribution in [2.75, 3.05) is 40.0 Å². The van der Waals surface area contributed by atoms with E-state index in [9.17, 15) is 0 Å². The third-order valence-corrected chi connectivity index (χ3v) is 6.34. The molecule has 0 radical (unpaired) electrons. The van der Waals surface area contributed by atoms with Crippen LogP contribution in [-0.2, 0) is 28.9 Å². The van der Waals surface area contributed by atoms with E-state index >= 15 is 0 Å². The summed E-state index contributed by atoms with van der Waals surface area (Å²) in [5, 5.41) is 6.78. The van der Waals surface area contributed by atoms with Crippen LogP contribution in [0.2, 0.25) is 0 Å². The van der Waals surface area contributed by atoms with Gasteiger partial charge < -0.3 is 19.7 Å². The maximum atomic E-state index is 5.98. The summed E-state index contributed by atoms with van der Waals surface area (Å²) in [6.07, 6.45) is 5.40. The summed E-state index contributed by atoms with van der Waals surface area (Å²) in [7, 11) is 1.73. The minimum absolute atomic E-state index is 0. The van der Waals surface area contributed by atoms with Gasteiger partial charge in [0.25, 0.3) is 0 Å². The number of aryl methyl sites for hydroxylation is 2. The van der Waals surface area contributed by atoms with Gasteiger partial charge in [-0.05, 0) is 38.2 Å². The van der Waals surface area contributed by atoms with Gasteiger partial charge in [0.15, 0.2) is 5.96 Å². The molecule has 178 valence electrons. The lowest BCUT2D eigenvalue weighted by atomic mass is 10.1. The largest absolute Gasteiger partial charge is 0.385 e. The smallest absolute Gasteiger partial charge is 0.194 e. The number of benzene rings is 1. The van der Waals surface area contributed by atoms with Gasteiger partial charge in [0.1, 0.15) is 0 Å². The first kappa shape index (κ1) is 27.0. The van der Waals surface area contributed by atoms with Crippen LogP contribution < -0.4 is 5.32 Å². The van der Waals surface area contributed by atoms with Crippen LogP contribution in [0, 0.1) is 0 Å². The van der Waals surface area contributed by atoms with Gasteiger partial charge in [0, 0.05) is 51.8 Å². The van der Waals surface area contributed by atoms with Crippen molar-refractivity contribution in [3.63, 3.8) is 0 Å². The molecule has 0 amide bonds. The molecule has 1 aromatic heterocycles. The predicted molar refractivity (Wildman–Crippen MR) is 143 cm³/mol. The highest BCUT2D eigenvalue weighted by molar-refractivity contribution is 14.0. The number of hydrogen-bond acceptors (Lipinski definition) is 5. The Kier molecular flexibility index (Phi) is 13.2. The molecule has 1 aliphatic rings. The molecular formula is C24H37IN4O2S. The molecule has 0 aliphatic carbocycles. The minimum Gasteiger partial charge on any atom is -0.385 e. The lowest BCUT2D eigenvalue weighted by Gasteiger charge is -2.34. The van der Waals surface area contributed by atoms with E-state index in [-0.39, 0.29) is 24.0 Å². The zero-order valence-electron chi connectivity index (χ0n) is 19.3. The van der Waals surface area contributed by atoms with E-state index in [0.717, 1.165) is 76.6 Å². The van der Waals surface area contributed by atoms with Gasteiger partial charge in [-0.1, -0.05) is 30.3 Å². The lowest BCUT2D eigenvalue weighted by molar-refractivity contribution is 0.00990. The molecule has 2 aromatic rings. The summed E-state index contributed by atoms with van der Waals surface area (Å²) < 4.78 is 11.1. The molecule has 8 heteroatoms. The van der Waals surface area contributed by atoms with Gasteiger partial charge in [-0.2, -0.15) is 0 Å². The van der Waals surface area contributed by atoms with Crippen LogP contribution in [0.1, 0.15) is 42.5 Å². The van der Waals surface area contributed by atoms with Crippen molar-refractivity contribution >= 4 is 41.3 Å². The number of piperidine rings is 1. The molecule has 0 saturated carbocycles. The van der Waals surface area contributed by atoms with Crippen molar-refractivity contribution in [1.82, 2.24) is 15.2 Å². The first-order valence-electron chi connectivity index (χ1n) is 11.4. The summed E-state index contributed by atoms with van der Waals surface area (Å²) in [5.74, 6) is 0.985. The highest BCUT2D eigenvalue weighted by Crippen LogP contribution is 2.16. The van der Waals surface area contributed by atoms with E-state index in [1.807, 2.05) is 0 Å². The van der Waals surface area contributed by atoms with Gasteiger partial charge in [0.05, 0.1) is 23.4 Å². The second-order valence-electron chi connectivity index (χ2n) is 7.79. The van der Waals surface area contributed by atoms with Crippen LogP contribution in [0.25, 0.3) is 0 Å². The van der Waals surface area contributed by atoms with Crippen molar-refractivity contribution < 1.29 is 9.47 Å². The predicted octanol–water partition coefficient (Wildman–Crippen LogP) is 4.53. The van der Waals surface area contributed by atoms with E-state index in [2.05, 4.69) is 52.9 Å². The first-order chi connectivity index (χ1) is 15.3. The molecule has 3 rings (SSSR count). The molecule has 1 N–H and O–H groups in total. The van der Waals surface area contributed by atoms with E-state index in [1.165, 1.54) is 10.6 Å². The number of likely N-dealkylation sites (tertiary alicyclic amines) is 1. The lowest BCUT2D eigenvalue weighted by Crippen LogP contribution is -2.47. The van der Waals surface area contributed by atoms with Crippen LogP contribution >= 0.6 is 35.3 Å². The van der Waals surface area contributed by atoms with Crippen LogP contribution in [0.3, 0.4) is 0 Å². The SMILES string of the molecule is CCNC(=NCc1csc(CCc2ccccc2)n1)N1CCC(OCCCOC)CC1.I. The number of ether oxygens (including phenoxy) is 2. The number of halogens is 1. The number of rotatable bonds is 11. The highest BCUT2D eigenvalue weighted by Gasteiger charge is 2.21. The summed E-state index contributed by atoms with van der Waals surface area (Å²) in [4.78, 5) is 12.0. The van der Waals surface area contributed by atoms with E-state index < -0.39 is 0 Å².